The fraction of sp³-hybridized carbons (Fsp3) is 0.909. The lowest BCUT2D eigenvalue weighted by atomic mass is 10.1. The van der Waals surface area contributed by atoms with Crippen molar-refractivity contribution in [2.45, 2.75) is 45.7 Å². The van der Waals surface area contributed by atoms with Crippen LogP contribution in [0.25, 0.3) is 0 Å². The summed E-state index contributed by atoms with van der Waals surface area (Å²) in [6.07, 6.45) is 2.49. The Hall–Kier alpha value is -0.570. The van der Waals surface area contributed by atoms with Gasteiger partial charge in [0.25, 0.3) is 0 Å². The summed E-state index contributed by atoms with van der Waals surface area (Å²) in [7, 11) is 0. The molecule has 0 aromatic carbocycles. The van der Waals surface area contributed by atoms with E-state index in [2.05, 4.69) is 19.2 Å². The van der Waals surface area contributed by atoms with Crippen LogP contribution < -0.4 is 5.32 Å². The SMILES string of the molecule is CC(C)CC1CC1N1CNC(C)C1=O. The molecule has 2 aliphatic rings. The quantitative estimate of drug-likeness (QED) is 0.735. The number of nitrogens with one attached hydrogen (secondary N) is 1. The minimum absolute atomic E-state index is 0.0373. The fourth-order valence-electron chi connectivity index (χ4n) is 2.40. The average molecular weight is 196 g/mol. The van der Waals surface area contributed by atoms with Crippen molar-refractivity contribution in [1.29, 1.82) is 0 Å². The lowest BCUT2D eigenvalue weighted by molar-refractivity contribution is -0.129. The van der Waals surface area contributed by atoms with Crippen molar-refractivity contribution in [1.82, 2.24) is 10.2 Å². The molecule has 1 saturated carbocycles. The maximum absolute atomic E-state index is 11.7. The Morgan fingerprint density at radius 1 is 1.57 bits per heavy atom. The average Bonchev–Trinajstić information content (AvgIpc) is 2.75. The smallest absolute Gasteiger partial charge is 0.240 e. The van der Waals surface area contributed by atoms with E-state index in [1.807, 2.05) is 11.8 Å². The molecule has 0 spiro atoms. The van der Waals surface area contributed by atoms with Gasteiger partial charge in [-0.25, -0.2) is 0 Å². The summed E-state index contributed by atoms with van der Waals surface area (Å²) in [6, 6.07) is 0.581. The maximum Gasteiger partial charge on any atom is 0.240 e. The van der Waals surface area contributed by atoms with Gasteiger partial charge in [-0.3, -0.25) is 10.1 Å². The normalized spacial score (nSPS) is 37.0. The van der Waals surface area contributed by atoms with Crippen LogP contribution in [-0.4, -0.2) is 29.6 Å². The van der Waals surface area contributed by atoms with E-state index in [0.717, 1.165) is 18.5 Å². The Morgan fingerprint density at radius 3 is 2.79 bits per heavy atom. The first-order chi connectivity index (χ1) is 6.59. The Bertz CT molecular complexity index is 239. The van der Waals surface area contributed by atoms with Crippen LogP contribution in [-0.2, 0) is 4.79 Å². The Balaban J connectivity index is 1.85. The van der Waals surface area contributed by atoms with E-state index in [-0.39, 0.29) is 6.04 Å². The van der Waals surface area contributed by atoms with Crippen LogP contribution in [0.1, 0.15) is 33.6 Å². The summed E-state index contributed by atoms with van der Waals surface area (Å²) in [6.45, 7) is 7.21. The van der Waals surface area contributed by atoms with Gasteiger partial charge in [0, 0.05) is 6.04 Å². The van der Waals surface area contributed by atoms with E-state index in [9.17, 15) is 4.79 Å². The van der Waals surface area contributed by atoms with Gasteiger partial charge in [0.2, 0.25) is 5.91 Å². The van der Waals surface area contributed by atoms with Gasteiger partial charge >= 0.3 is 0 Å². The van der Waals surface area contributed by atoms with Crippen LogP contribution in [0.2, 0.25) is 0 Å². The molecule has 1 N–H and O–H groups in total. The van der Waals surface area contributed by atoms with Crippen molar-refractivity contribution in [2.75, 3.05) is 6.67 Å². The molecule has 0 radical (unpaired) electrons. The van der Waals surface area contributed by atoms with Gasteiger partial charge in [-0.05, 0) is 31.6 Å². The first-order valence-electron chi connectivity index (χ1n) is 5.63. The van der Waals surface area contributed by atoms with Crippen molar-refractivity contribution in [3.05, 3.63) is 0 Å². The molecule has 3 heteroatoms. The molecule has 2 fully saturated rings. The number of carbonyl (C=O) groups is 1. The number of amides is 1. The number of hydrogen-bond acceptors (Lipinski definition) is 2. The third kappa shape index (κ3) is 1.78. The van der Waals surface area contributed by atoms with Crippen molar-refractivity contribution < 1.29 is 4.79 Å². The minimum Gasteiger partial charge on any atom is -0.325 e. The minimum atomic E-state index is 0.0373. The Morgan fingerprint density at radius 2 is 2.29 bits per heavy atom. The first kappa shape index (κ1) is 9.97. The lowest BCUT2D eigenvalue weighted by Crippen LogP contribution is -2.31. The van der Waals surface area contributed by atoms with Gasteiger partial charge in [0.1, 0.15) is 0 Å². The number of carbonyl (C=O) groups excluding carboxylic acids is 1. The molecule has 0 bridgehead atoms. The molecule has 3 atom stereocenters. The van der Waals surface area contributed by atoms with Gasteiger partial charge in [-0.2, -0.15) is 0 Å². The van der Waals surface area contributed by atoms with Crippen LogP contribution in [0, 0.1) is 11.8 Å². The fourth-order valence-corrected chi connectivity index (χ4v) is 2.40. The van der Waals surface area contributed by atoms with Gasteiger partial charge in [-0.15, -0.1) is 0 Å². The maximum atomic E-state index is 11.7. The van der Waals surface area contributed by atoms with Gasteiger partial charge in [0.05, 0.1) is 12.7 Å². The molecule has 2 rings (SSSR count). The summed E-state index contributed by atoms with van der Waals surface area (Å²) >= 11 is 0. The standard InChI is InChI=1S/C11H20N2O/c1-7(2)4-9-5-10(9)13-6-12-8(3)11(13)14/h7-10,12H,4-6H2,1-3H3. The van der Waals surface area contributed by atoms with Crippen molar-refractivity contribution in [3.63, 3.8) is 0 Å². The molecule has 1 amide bonds. The topological polar surface area (TPSA) is 32.3 Å². The summed E-state index contributed by atoms with van der Waals surface area (Å²) < 4.78 is 0. The van der Waals surface area contributed by atoms with E-state index < -0.39 is 0 Å². The van der Waals surface area contributed by atoms with E-state index in [4.69, 9.17) is 0 Å². The molecule has 1 saturated heterocycles. The van der Waals surface area contributed by atoms with Crippen LogP contribution in [0.4, 0.5) is 0 Å². The first-order valence-corrected chi connectivity index (χ1v) is 5.63. The monoisotopic (exact) mass is 196 g/mol. The van der Waals surface area contributed by atoms with Crippen LogP contribution in [0.5, 0.6) is 0 Å². The molecular formula is C11H20N2O. The summed E-state index contributed by atoms with van der Waals surface area (Å²) in [5.74, 6) is 1.82. The number of hydrogen-bond donors (Lipinski definition) is 1. The Labute approximate surface area is 85.8 Å². The van der Waals surface area contributed by atoms with Crippen molar-refractivity contribution in [2.24, 2.45) is 11.8 Å². The summed E-state index contributed by atoms with van der Waals surface area (Å²) in [5, 5.41) is 3.19. The predicted molar refractivity (Wildman–Crippen MR) is 55.7 cm³/mol. The number of nitrogens with zero attached hydrogens (tertiary/aromatic N) is 1. The number of rotatable bonds is 3. The molecule has 14 heavy (non-hydrogen) atoms. The summed E-state index contributed by atoms with van der Waals surface area (Å²) in [4.78, 5) is 13.7. The van der Waals surface area contributed by atoms with Crippen molar-refractivity contribution >= 4 is 5.91 Å². The van der Waals surface area contributed by atoms with Gasteiger partial charge < -0.3 is 4.90 Å². The molecular weight excluding hydrogens is 176 g/mol. The molecule has 3 unspecified atom stereocenters. The molecule has 80 valence electrons. The van der Waals surface area contributed by atoms with Gasteiger partial charge in [-0.1, -0.05) is 13.8 Å². The third-order valence-corrected chi connectivity index (χ3v) is 3.28. The van der Waals surface area contributed by atoms with Crippen LogP contribution >= 0.6 is 0 Å². The molecule has 1 heterocycles. The van der Waals surface area contributed by atoms with E-state index in [1.165, 1.54) is 12.8 Å². The second-order valence-corrected chi connectivity index (χ2v) is 5.08. The van der Waals surface area contributed by atoms with Gasteiger partial charge in [0.15, 0.2) is 0 Å². The molecule has 0 aromatic heterocycles. The molecule has 1 aliphatic carbocycles. The zero-order valence-electron chi connectivity index (χ0n) is 9.29. The van der Waals surface area contributed by atoms with Crippen LogP contribution in [0.3, 0.4) is 0 Å². The highest BCUT2D eigenvalue weighted by Gasteiger charge is 2.46. The zero-order chi connectivity index (χ0) is 10.3. The van der Waals surface area contributed by atoms with Crippen LogP contribution in [0.15, 0.2) is 0 Å². The molecule has 3 nitrogen and oxygen atoms in total. The second-order valence-electron chi connectivity index (χ2n) is 5.08. The molecule has 0 aromatic rings. The predicted octanol–water partition coefficient (Wildman–Crippen LogP) is 1.20. The largest absolute Gasteiger partial charge is 0.325 e. The highest BCUT2D eigenvalue weighted by Crippen LogP contribution is 2.41. The zero-order valence-corrected chi connectivity index (χ0v) is 9.29. The second kappa shape index (κ2) is 3.54. The third-order valence-electron chi connectivity index (χ3n) is 3.28. The van der Waals surface area contributed by atoms with Crippen molar-refractivity contribution in [3.8, 4) is 0 Å². The Kier molecular flexibility index (Phi) is 2.52. The lowest BCUT2D eigenvalue weighted by Gasteiger charge is -2.15. The summed E-state index contributed by atoms with van der Waals surface area (Å²) in [5.41, 5.74) is 0. The van der Waals surface area contributed by atoms with E-state index in [1.54, 1.807) is 0 Å². The highest BCUT2D eigenvalue weighted by atomic mass is 16.2. The van der Waals surface area contributed by atoms with E-state index in [0.29, 0.717) is 11.9 Å². The van der Waals surface area contributed by atoms with E-state index >= 15 is 0 Å². The molecule has 1 aliphatic heterocycles. The highest BCUT2D eigenvalue weighted by molar-refractivity contribution is 5.83.